The van der Waals surface area contributed by atoms with Crippen molar-refractivity contribution in [1.82, 2.24) is 0 Å². The summed E-state index contributed by atoms with van der Waals surface area (Å²) in [4.78, 5) is 0. The molecule has 0 saturated carbocycles. The predicted molar refractivity (Wildman–Crippen MR) is 48.4 cm³/mol. The Bertz CT molecular complexity index is 142. The molecular formula is C10H18O. The molecule has 0 unspecified atom stereocenters. The van der Waals surface area contributed by atoms with Crippen molar-refractivity contribution in [1.29, 1.82) is 0 Å². The summed E-state index contributed by atoms with van der Waals surface area (Å²) in [6, 6.07) is 0. The summed E-state index contributed by atoms with van der Waals surface area (Å²) >= 11 is 0. The molecule has 0 fully saturated rings. The highest BCUT2D eigenvalue weighted by Crippen LogP contribution is 2.04. The van der Waals surface area contributed by atoms with Gasteiger partial charge in [-0.15, -0.1) is 5.92 Å². The molecule has 11 heavy (non-hydrogen) atoms. The van der Waals surface area contributed by atoms with Crippen LogP contribution in [0.3, 0.4) is 0 Å². The van der Waals surface area contributed by atoms with E-state index >= 15 is 0 Å². The summed E-state index contributed by atoms with van der Waals surface area (Å²) < 4.78 is 5.40. The van der Waals surface area contributed by atoms with Crippen LogP contribution in [0.4, 0.5) is 0 Å². The fourth-order valence-electron chi connectivity index (χ4n) is 0.517. The zero-order valence-electron chi connectivity index (χ0n) is 8.03. The van der Waals surface area contributed by atoms with Crippen LogP contribution in [0.5, 0.6) is 0 Å². The van der Waals surface area contributed by atoms with Gasteiger partial charge >= 0.3 is 0 Å². The Morgan fingerprint density at radius 3 is 2.27 bits per heavy atom. The minimum Gasteiger partial charge on any atom is -0.363 e. The number of ether oxygens (including phenoxy) is 1. The zero-order chi connectivity index (χ0) is 8.74. The normalized spacial score (nSPS) is 10.5. The minimum atomic E-state index is -0.0547. The van der Waals surface area contributed by atoms with Crippen LogP contribution in [0, 0.1) is 11.8 Å². The highest BCUT2D eigenvalue weighted by Gasteiger charge is 2.07. The van der Waals surface area contributed by atoms with E-state index in [1.54, 1.807) is 0 Å². The maximum atomic E-state index is 5.40. The number of unbranched alkanes of at least 4 members (excludes halogenated alkanes) is 1. The van der Waals surface area contributed by atoms with Crippen LogP contribution in [0.2, 0.25) is 0 Å². The van der Waals surface area contributed by atoms with E-state index in [9.17, 15) is 0 Å². The van der Waals surface area contributed by atoms with Gasteiger partial charge in [-0.1, -0.05) is 12.8 Å². The summed E-state index contributed by atoms with van der Waals surface area (Å²) in [6.07, 6.45) is 2.11. The van der Waals surface area contributed by atoms with Gasteiger partial charge in [0.25, 0.3) is 0 Å². The van der Waals surface area contributed by atoms with Crippen LogP contribution in [-0.2, 0) is 4.74 Å². The van der Waals surface area contributed by atoms with Gasteiger partial charge in [-0.3, -0.25) is 0 Å². The maximum absolute atomic E-state index is 5.40. The first kappa shape index (κ1) is 10.5. The van der Waals surface area contributed by atoms with Gasteiger partial charge in [0.1, 0.15) is 6.61 Å². The van der Waals surface area contributed by atoms with E-state index in [0.717, 1.165) is 12.8 Å². The molecule has 64 valence electrons. The molecule has 0 N–H and O–H groups in total. The van der Waals surface area contributed by atoms with Gasteiger partial charge in [0.05, 0.1) is 5.60 Å². The van der Waals surface area contributed by atoms with Crippen molar-refractivity contribution in [3.05, 3.63) is 0 Å². The van der Waals surface area contributed by atoms with E-state index in [-0.39, 0.29) is 5.60 Å². The summed E-state index contributed by atoms with van der Waals surface area (Å²) in [5, 5.41) is 0. The standard InChI is InChI=1S/C10H18O/c1-5-6-7-8-9-11-10(2,3)4/h5-6,9H2,1-4H3. The first-order valence-corrected chi connectivity index (χ1v) is 4.16. The first-order chi connectivity index (χ1) is 5.06. The first-order valence-electron chi connectivity index (χ1n) is 4.16. The van der Waals surface area contributed by atoms with Gasteiger partial charge in [0.15, 0.2) is 0 Å². The lowest BCUT2D eigenvalue weighted by Crippen LogP contribution is -2.18. The van der Waals surface area contributed by atoms with Crippen molar-refractivity contribution < 1.29 is 4.74 Å². The number of rotatable bonds is 2. The Hall–Kier alpha value is -0.480. The summed E-state index contributed by atoms with van der Waals surface area (Å²) in [6.45, 7) is 8.79. The van der Waals surface area contributed by atoms with Gasteiger partial charge in [-0.2, -0.15) is 0 Å². The Kier molecular flexibility index (Phi) is 4.98. The third-order valence-electron chi connectivity index (χ3n) is 1.08. The van der Waals surface area contributed by atoms with Crippen molar-refractivity contribution in [2.24, 2.45) is 0 Å². The molecule has 0 atom stereocenters. The quantitative estimate of drug-likeness (QED) is 0.555. The molecule has 0 aliphatic carbocycles. The Balaban J connectivity index is 3.36. The van der Waals surface area contributed by atoms with Gasteiger partial charge in [0.2, 0.25) is 0 Å². The Morgan fingerprint density at radius 2 is 1.82 bits per heavy atom. The minimum absolute atomic E-state index is 0.0547. The third-order valence-corrected chi connectivity index (χ3v) is 1.08. The third kappa shape index (κ3) is 9.52. The number of hydrogen-bond donors (Lipinski definition) is 0. The van der Waals surface area contributed by atoms with Crippen LogP contribution in [0.1, 0.15) is 40.5 Å². The van der Waals surface area contributed by atoms with Crippen LogP contribution >= 0.6 is 0 Å². The molecule has 0 aromatic rings. The van der Waals surface area contributed by atoms with E-state index < -0.39 is 0 Å². The second-order valence-electron chi connectivity index (χ2n) is 3.50. The number of hydrogen-bond acceptors (Lipinski definition) is 1. The highest BCUT2D eigenvalue weighted by molar-refractivity contribution is 4.98. The molecule has 0 rings (SSSR count). The zero-order valence-corrected chi connectivity index (χ0v) is 8.03. The van der Waals surface area contributed by atoms with Crippen molar-refractivity contribution >= 4 is 0 Å². The molecule has 0 heterocycles. The van der Waals surface area contributed by atoms with Crippen molar-refractivity contribution in [3.63, 3.8) is 0 Å². The molecular weight excluding hydrogens is 136 g/mol. The second-order valence-corrected chi connectivity index (χ2v) is 3.50. The molecule has 0 radical (unpaired) electrons. The molecule has 0 aromatic carbocycles. The van der Waals surface area contributed by atoms with Gasteiger partial charge in [-0.25, -0.2) is 0 Å². The summed E-state index contributed by atoms with van der Waals surface area (Å²) in [7, 11) is 0. The molecule has 0 amide bonds. The van der Waals surface area contributed by atoms with Crippen molar-refractivity contribution in [3.8, 4) is 11.8 Å². The van der Waals surface area contributed by atoms with E-state index in [0.29, 0.717) is 6.61 Å². The lowest BCUT2D eigenvalue weighted by Gasteiger charge is -2.16. The van der Waals surface area contributed by atoms with E-state index in [2.05, 4.69) is 18.8 Å². The van der Waals surface area contributed by atoms with Crippen LogP contribution in [-0.4, -0.2) is 12.2 Å². The lowest BCUT2D eigenvalue weighted by molar-refractivity contribution is 0.0181. The fourth-order valence-corrected chi connectivity index (χ4v) is 0.517. The Labute approximate surface area is 70.1 Å². The van der Waals surface area contributed by atoms with Crippen molar-refractivity contribution in [2.45, 2.75) is 46.1 Å². The molecule has 0 aliphatic rings. The summed E-state index contributed by atoms with van der Waals surface area (Å²) in [5.41, 5.74) is -0.0547. The molecule has 1 nitrogen and oxygen atoms in total. The van der Waals surface area contributed by atoms with Crippen molar-refractivity contribution in [2.75, 3.05) is 6.61 Å². The molecule has 1 heteroatoms. The SMILES string of the molecule is CCCC#CCOC(C)(C)C. The van der Waals surface area contributed by atoms with Crippen LogP contribution < -0.4 is 0 Å². The molecule has 0 spiro atoms. The fraction of sp³-hybridized carbons (Fsp3) is 0.800. The second kappa shape index (κ2) is 5.21. The molecule has 0 saturated heterocycles. The predicted octanol–water partition coefficient (Wildman–Crippen LogP) is 2.61. The average molecular weight is 154 g/mol. The largest absolute Gasteiger partial charge is 0.363 e. The molecule has 0 bridgehead atoms. The average Bonchev–Trinajstić information content (AvgIpc) is 1.85. The topological polar surface area (TPSA) is 9.23 Å². The monoisotopic (exact) mass is 154 g/mol. The smallest absolute Gasteiger partial charge is 0.108 e. The maximum Gasteiger partial charge on any atom is 0.108 e. The van der Waals surface area contributed by atoms with E-state index in [1.165, 1.54) is 0 Å². The van der Waals surface area contributed by atoms with E-state index in [4.69, 9.17) is 4.74 Å². The lowest BCUT2D eigenvalue weighted by atomic mass is 10.2. The van der Waals surface area contributed by atoms with E-state index in [1.807, 2.05) is 20.8 Å². The van der Waals surface area contributed by atoms with Gasteiger partial charge < -0.3 is 4.74 Å². The summed E-state index contributed by atoms with van der Waals surface area (Å²) in [5.74, 6) is 6.00. The van der Waals surface area contributed by atoms with Gasteiger partial charge in [0, 0.05) is 6.42 Å². The van der Waals surface area contributed by atoms with Gasteiger partial charge in [-0.05, 0) is 27.2 Å². The Morgan fingerprint density at radius 1 is 1.18 bits per heavy atom. The van der Waals surface area contributed by atoms with Crippen LogP contribution in [0.25, 0.3) is 0 Å². The molecule has 0 aliphatic heterocycles. The highest BCUT2D eigenvalue weighted by atomic mass is 16.5. The molecule has 0 aromatic heterocycles. The van der Waals surface area contributed by atoms with Crippen LogP contribution in [0.15, 0.2) is 0 Å².